The van der Waals surface area contributed by atoms with Crippen molar-refractivity contribution in [1.82, 2.24) is 4.72 Å². The Morgan fingerprint density at radius 2 is 2.00 bits per heavy atom. The van der Waals surface area contributed by atoms with Gasteiger partial charge >= 0.3 is 5.97 Å². The summed E-state index contributed by atoms with van der Waals surface area (Å²) in [5, 5.41) is 9.09. The minimum Gasteiger partial charge on any atom is -0.480 e. The minimum absolute atomic E-state index is 0.0878. The van der Waals surface area contributed by atoms with Crippen LogP contribution in [0.1, 0.15) is 20.8 Å². The second-order valence-corrected chi connectivity index (χ2v) is 9.22. The van der Waals surface area contributed by atoms with Crippen LogP contribution in [0.5, 0.6) is 0 Å². The van der Waals surface area contributed by atoms with Crippen LogP contribution in [0.4, 0.5) is 0 Å². The Balaban J connectivity index is 3.05. The van der Waals surface area contributed by atoms with Crippen LogP contribution in [0.15, 0.2) is 20.1 Å². The minimum atomic E-state index is -3.81. The summed E-state index contributed by atoms with van der Waals surface area (Å²) in [6, 6.07) is 1.86. The van der Waals surface area contributed by atoms with Gasteiger partial charge in [-0.1, -0.05) is 20.8 Å². The van der Waals surface area contributed by atoms with E-state index in [0.717, 1.165) is 11.3 Å². The third kappa shape index (κ3) is 3.78. The first-order valence-corrected chi connectivity index (χ1v) is 8.14. The molecule has 0 amide bonds. The van der Waals surface area contributed by atoms with Gasteiger partial charge in [0.1, 0.15) is 10.3 Å². The lowest BCUT2D eigenvalue weighted by molar-refractivity contribution is -0.141. The van der Waals surface area contributed by atoms with Crippen molar-refractivity contribution in [3.63, 3.8) is 0 Å². The van der Waals surface area contributed by atoms with Crippen molar-refractivity contribution in [2.24, 2.45) is 5.41 Å². The molecule has 1 aromatic rings. The van der Waals surface area contributed by atoms with Crippen LogP contribution in [0.3, 0.4) is 0 Å². The Morgan fingerprint density at radius 1 is 1.44 bits per heavy atom. The average molecular weight is 356 g/mol. The number of rotatable bonds is 4. The first-order valence-electron chi connectivity index (χ1n) is 5.04. The van der Waals surface area contributed by atoms with Crippen molar-refractivity contribution in [1.29, 1.82) is 0 Å². The van der Waals surface area contributed by atoms with E-state index in [1.807, 2.05) is 0 Å². The standard InChI is InChI=1S/C10H14BrNO4S2/c1-10(2,3)8(9(13)14)12-18(15,16)7-5-4-6(11)17-7/h4-5,8,12H,1-3H3,(H,13,14)/t8-/m0/s1. The van der Waals surface area contributed by atoms with Gasteiger partial charge in [0.2, 0.25) is 0 Å². The van der Waals surface area contributed by atoms with Crippen molar-refractivity contribution >= 4 is 43.3 Å². The molecule has 0 unspecified atom stereocenters. The number of hydrogen-bond acceptors (Lipinski definition) is 4. The van der Waals surface area contributed by atoms with E-state index in [1.165, 1.54) is 6.07 Å². The van der Waals surface area contributed by atoms with Gasteiger partial charge in [-0.25, -0.2) is 8.42 Å². The second kappa shape index (κ2) is 5.28. The van der Waals surface area contributed by atoms with Gasteiger partial charge in [-0.2, -0.15) is 4.72 Å². The van der Waals surface area contributed by atoms with Crippen molar-refractivity contribution in [3.05, 3.63) is 15.9 Å². The average Bonchev–Trinajstić information content (AvgIpc) is 2.60. The lowest BCUT2D eigenvalue weighted by Gasteiger charge is -2.27. The summed E-state index contributed by atoms with van der Waals surface area (Å²) < 4.78 is 27.0. The normalized spacial score (nSPS) is 14.4. The molecule has 0 spiro atoms. The third-order valence-corrected chi connectivity index (χ3v) is 5.74. The fraction of sp³-hybridized carbons (Fsp3) is 0.500. The van der Waals surface area contributed by atoms with Gasteiger partial charge in [0.15, 0.2) is 0 Å². The van der Waals surface area contributed by atoms with Gasteiger partial charge in [-0.05, 0) is 33.5 Å². The molecule has 8 heteroatoms. The summed E-state index contributed by atoms with van der Waals surface area (Å²) in [6.07, 6.45) is 0. The van der Waals surface area contributed by atoms with Gasteiger partial charge in [0.25, 0.3) is 10.0 Å². The number of nitrogens with one attached hydrogen (secondary N) is 1. The largest absolute Gasteiger partial charge is 0.480 e. The molecule has 1 atom stereocenters. The van der Waals surface area contributed by atoms with Gasteiger partial charge in [0.05, 0.1) is 3.79 Å². The van der Waals surface area contributed by atoms with Crippen molar-refractivity contribution in [3.8, 4) is 0 Å². The maximum absolute atomic E-state index is 12.0. The van der Waals surface area contributed by atoms with Gasteiger partial charge in [-0.3, -0.25) is 4.79 Å². The highest BCUT2D eigenvalue weighted by Gasteiger charge is 2.35. The first kappa shape index (κ1) is 15.6. The highest BCUT2D eigenvalue weighted by atomic mass is 79.9. The van der Waals surface area contributed by atoms with Crippen LogP contribution in [0, 0.1) is 5.41 Å². The quantitative estimate of drug-likeness (QED) is 0.867. The van der Waals surface area contributed by atoms with E-state index >= 15 is 0 Å². The van der Waals surface area contributed by atoms with E-state index in [2.05, 4.69) is 20.7 Å². The molecule has 0 saturated heterocycles. The summed E-state index contributed by atoms with van der Waals surface area (Å²) in [5.74, 6) is -1.19. The fourth-order valence-electron chi connectivity index (χ4n) is 1.25. The Hall–Kier alpha value is -0.440. The molecule has 1 rings (SSSR count). The Labute approximate surface area is 118 Å². The van der Waals surface area contributed by atoms with Gasteiger partial charge in [0, 0.05) is 0 Å². The van der Waals surface area contributed by atoms with E-state index in [0.29, 0.717) is 3.79 Å². The topological polar surface area (TPSA) is 83.5 Å². The van der Waals surface area contributed by atoms with Crippen LogP contribution in [0.25, 0.3) is 0 Å². The number of carbonyl (C=O) groups is 1. The molecule has 102 valence electrons. The number of carboxylic acids is 1. The van der Waals surface area contributed by atoms with Crippen LogP contribution in [-0.2, 0) is 14.8 Å². The van der Waals surface area contributed by atoms with Crippen LogP contribution < -0.4 is 4.72 Å². The predicted octanol–water partition coefficient (Wildman–Crippen LogP) is 2.29. The van der Waals surface area contributed by atoms with Crippen LogP contribution >= 0.6 is 27.3 Å². The lowest BCUT2D eigenvalue weighted by atomic mass is 9.88. The molecule has 0 fully saturated rings. The summed E-state index contributed by atoms with van der Waals surface area (Å²) in [4.78, 5) is 11.1. The smallest absolute Gasteiger partial charge is 0.322 e. The number of halogens is 1. The van der Waals surface area contributed by atoms with Crippen LogP contribution in [0.2, 0.25) is 0 Å². The van der Waals surface area contributed by atoms with Gasteiger partial charge in [-0.15, -0.1) is 11.3 Å². The number of hydrogen-bond donors (Lipinski definition) is 2. The molecule has 5 nitrogen and oxygen atoms in total. The number of aliphatic carboxylic acids is 1. The van der Waals surface area contributed by atoms with E-state index in [1.54, 1.807) is 26.8 Å². The molecule has 0 radical (unpaired) electrons. The zero-order valence-electron chi connectivity index (χ0n) is 10.1. The fourth-order valence-corrected chi connectivity index (χ4v) is 4.67. The highest BCUT2D eigenvalue weighted by molar-refractivity contribution is 9.11. The highest BCUT2D eigenvalue weighted by Crippen LogP contribution is 2.27. The molecule has 1 heterocycles. The molecule has 0 saturated carbocycles. The zero-order valence-corrected chi connectivity index (χ0v) is 13.3. The summed E-state index contributed by atoms with van der Waals surface area (Å²) in [5.41, 5.74) is -0.715. The Bertz CT molecular complexity index is 544. The number of sulfonamides is 1. The van der Waals surface area contributed by atoms with Gasteiger partial charge < -0.3 is 5.11 Å². The number of thiophene rings is 1. The van der Waals surface area contributed by atoms with E-state index in [9.17, 15) is 13.2 Å². The predicted molar refractivity (Wildman–Crippen MR) is 73.2 cm³/mol. The molecule has 0 aliphatic carbocycles. The molecule has 18 heavy (non-hydrogen) atoms. The van der Waals surface area contributed by atoms with E-state index in [-0.39, 0.29) is 4.21 Å². The number of carboxylic acid groups (broad SMARTS) is 1. The summed E-state index contributed by atoms with van der Waals surface area (Å²) >= 11 is 4.20. The van der Waals surface area contributed by atoms with Crippen molar-refractivity contribution in [2.45, 2.75) is 31.0 Å². The monoisotopic (exact) mass is 355 g/mol. The molecule has 1 aromatic heterocycles. The lowest BCUT2D eigenvalue weighted by Crippen LogP contribution is -2.48. The summed E-state index contributed by atoms with van der Waals surface area (Å²) in [7, 11) is -3.81. The molecule has 0 aliphatic heterocycles. The molecular formula is C10H14BrNO4S2. The summed E-state index contributed by atoms with van der Waals surface area (Å²) in [6.45, 7) is 5.00. The molecule has 0 aliphatic rings. The van der Waals surface area contributed by atoms with Crippen LogP contribution in [-0.4, -0.2) is 25.5 Å². The first-order chi connectivity index (χ1) is 8.04. The molecular weight excluding hydrogens is 342 g/mol. The molecule has 0 bridgehead atoms. The Morgan fingerprint density at radius 3 is 2.33 bits per heavy atom. The Kier molecular flexibility index (Phi) is 4.58. The van der Waals surface area contributed by atoms with Crippen molar-refractivity contribution < 1.29 is 18.3 Å². The van der Waals surface area contributed by atoms with E-state index in [4.69, 9.17) is 5.11 Å². The van der Waals surface area contributed by atoms with Crippen molar-refractivity contribution in [2.75, 3.05) is 0 Å². The maximum atomic E-state index is 12.0. The zero-order chi connectivity index (χ0) is 14.1. The maximum Gasteiger partial charge on any atom is 0.322 e. The second-order valence-electron chi connectivity index (χ2n) is 4.82. The SMILES string of the molecule is CC(C)(C)[C@@H](NS(=O)(=O)c1ccc(Br)s1)C(=O)O. The van der Waals surface area contributed by atoms with E-state index < -0.39 is 27.4 Å². The third-order valence-electron chi connectivity index (χ3n) is 2.20. The molecule has 2 N–H and O–H groups in total. The molecule has 0 aromatic carbocycles.